The number of nitrogens with one attached hydrogen (secondary N) is 2. The second-order valence-electron chi connectivity index (χ2n) is 5.03. The summed E-state index contributed by atoms with van der Waals surface area (Å²) < 4.78 is 4.76. The number of amides is 1. The van der Waals surface area contributed by atoms with Gasteiger partial charge in [0.05, 0.1) is 13.0 Å². The van der Waals surface area contributed by atoms with E-state index in [9.17, 15) is 9.59 Å². The topological polar surface area (TPSA) is 67.4 Å². The highest BCUT2D eigenvalue weighted by Gasteiger charge is 2.33. The maximum Gasteiger partial charge on any atom is 0.328 e. The van der Waals surface area contributed by atoms with E-state index in [0.717, 1.165) is 19.4 Å². The molecular formula is C13H24N2O3. The van der Waals surface area contributed by atoms with Gasteiger partial charge in [0, 0.05) is 6.04 Å². The smallest absolute Gasteiger partial charge is 0.328 e. The van der Waals surface area contributed by atoms with Crippen molar-refractivity contribution in [3.8, 4) is 0 Å². The molecule has 1 aliphatic rings. The lowest BCUT2D eigenvalue weighted by molar-refractivity contribution is -0.147. The van der Waals surface area contributed by atoms with Gasteiger partial charge in [-0.05, 0) is 25.8 Å². The Kier molecular flexibility index (Phi) is 5.59. The van der Waals surface area contributed by atoms with Crippen LogP contribution in [0, 0.1) is 11.8 Å². The molecule has 0 aromatic rings. The number of methoxy groups -OCH3 is 1. The number of rotatable bonds is 5. The molecule has 18 heavy (non-hydrogen) atoms. The number of carbonyl (C=O) groups excluding carboxylic acids is 2. The Hall–Kier alpha value is -1.10. The van der Waals surface area contributed by atoms with E-state index in [1.165, 1.54) is 7.11 Å². The first-order chi connectivity index (χ1) is 8.51. The SMILES string of the molecule is CCC(C)C(NC(=O)C1CCNC1C)C(=O)OC. The number of ether oxygens (including phenoxy) is 1. The molecule has 0 aromatic heterocycles. The predicted molar refractivity (Wildman–Crippen MR) is 69.0 cm³/mol. The average Bonchev–Trinajstić information content (AvgIpc) is 2.80. The molecule has 1 aliphatic heterocycles. The van der Waals surface area contributed by atoms with Crippen LogP contribution in [0.3, 0.4) is 0 Å². The molecule has 0 radical (unpaired) electrons. The lowest BCUT2D eigenvalue weighted by Gasteiger charge is -2.24. The fraction of sp³-hybridized carbons (Fsp3) is 0.846. The van der Waals surface area contributed by atoms with Crippen LogP contribution in [0.25, 0.3) is 0 Å². The Morgan fingerprint density at radius 3 is 2.61 bits per heavy atom. The van der Waals surface area contributed by atoms with Crippen molar-refractivity contribution in [2.75, 3.05) is 13.7 Å². The number of hydrogen-bond donors (Lipinski definition) is 2. The minimum Gasteiger partial charge on any atom is -0.467 e. The van der Waals surface area contributed by atoms with Crippen LogP contribution in [-0.4, -0.2) is 37.6 Å². The van der Waals surface area contributed by atoms with Gasteiger partial charge in [-0.1, -0.05) is 20.3 Å². The first-order valence-corrected chi connectivity index (χ1v) is 6.62. The van der Waals surface area contributed by atoms with Crippen molar-refractivity contribution < 1.29 is 14.3 Å². The molecule has 1 rings (SSSR count). The van der Waals surface area contributed by atoms with Gasteiger partial charge < -0.3 is 15.4 Å². The zero-order valence-electron chi connectivity index (χ0n) is 11.7. The second kappa shape index (κ2) is 6.73. The zero-order valence-corrected chi connectivity index (χ0v) is 11.7. The van der Waals surface area contributed by atoms with Crippen LogP contribution in [0.1, 0.15) is 33.6 Å². The number of carbonyl (C=O) groups is 2. The van der Waals surface area contributed by atoms with Gasteiger partial charge in [-0.15, -0.1) is 0 Å². The van der Waals surface area contributed by atoms with Crippen molar-refractivity contribution in [3.63, 3.8) is 0 Å². The maximum absolute atomic E-state index is 12.1. The molecule has 5 heteroatoms. The molecule has 0 aliphatic carbocycles. The van der Waals surface area contributed by atoms with Gasteiger partial charge in [0.1, 0.15) is 6.04 Å². The van der Waals surface area contributed by atoms with E-state index in [0.29, 0.717) is 0 Å². The van der Waals surface area contributed by atoms with Crippen LogP contribution in [0.4, 0.5) is 0 Å². The second-order valence-corrected chi connectivity index (χ2v) is 5.03. The first kappa shape index (κ1) is 15.0. The molecule has 4 unspecified atom stereocenters. The van der Waals surface area contributed by atoms with Crippen LogP contribution < -0.4 is 10.6 Å². The molecular weight excluding hydrogens is 232 g/mol. The Morgan fingerprint density at radius 2 is 2.17 bits per heavy atom. The summed E-state index contributed by atoms with van der Waals surface area (Å²) >= 11 is 0. The minimum absolute atomic E-state index is 0.0526. The Labute approximate surface area is 109 Å². The summed E-state index contributed by atoms with van der Waals surface area (Å²) in [6, 6.07) is -0.375. The molecule has 5 nitrogen and oxygen atoms in total. The molecule has 0 saturated carbocycles. The van der Waals surface area contributed by atoms with Crippen LogP contribution in [0.15, 0.2) is 0 Å². The third kappa shape index (κ3) is 3.45. The monoisotopic (exact) mass is 256 g/mol. The summed E-state index contributed by atoms with van der Waals surface area (Å²) in [4.78, 5) is 23.8. The standard InChI is InChI=1S/C13H24N2O3/c1-5-8(2)11(13(17)18-4)15-12(16)10-6-7-14-9(10)3/h8-11,14H,5-7H2,1-4H3,(H,15,16). The van der Waals surface area contributed by atoms with Crippen molar-refractivity contribution in [3.05, 3.63) is 0 Å². The third-order valence-corrected chi connectivity index (χ3v) is 3.83. The first-order valence-electron chi connectivity index (χ1n) is 6.62. The van der Waals surface area contributed by atoms with Gasteiger partial charge in [0.25, 0.3) is 0 Å². The molecule has 0 bridgehead atoms. The van der Waals surface area contributed by atoms with E-state index in [1.54, 1.807) is 0 Å². The van der Waals surface area contributed by atoms with Crippen LogP contribution in [0.5, 0.6) is 0 Å². The predicted octanol–water partition coefficient (Wildman–Crippen LogP) is 0.688. The van der Waals surface area contributed by atoms with Gasteiger partial charge in [0.2, 0.25) is 5.91 Å². The highest BCUT2D eigenvalue weighted by atomic mass is 16.5. The van der Waals surface area contributed by atoms with Crippen LogP contribution in [-0.2, 0) is 14.3 Å². The highest BCUT2D eigenvalue weighted by Crippen LogP contribution is 2.17. The lowest BCUT2D eigenvalue weighted by atomic mass is 9.96. The van der Waals surface area contributed by atoms with Gasteiger partial charge >= 0.3 is 5.97 Å². The third-order valence-electron chi connectivity index (χ3n) is 3.83. The number of hydrogen-bond acceptors (Lipinski definition) is 4. The normalized spacial score (nSPS) is 26.4. The van der Waals surface area contributed by atoms with Crippen molar-refractivity contribution in [2.24, 2.45) is 11.8 Å². The molecule has 2 N–H and O–H groups in total. The van der Waals surface area contributed by atoms with Gasteiger partial charge in [-0.25, -0.2) is 4.79 Å². The molecule has 4 atom stereocenters. The number of esters is 1. The Morgan fingerprint density at radius 1 is 1.50 bits per heavy atom. The Bertz CT molecular complexity index is 307. The van der Waals surface area contributed by atoms with E-state index < -0.39 is 6.04 Å². The average molecular weight is 256 g/mol. The zero-order chi connectivity index (χ0) is 13.7. The minimum atomic E-state index is -0.541. The summed E-state index contributed by atoms with van der Waals surface area (Å²) in [6.07, 6.45) is 1.64. The molecule has 1 amide bonds. The molecule has 1 saturated heterocycles. The summed E-state index contributed by atoms with van der Waals surface area (Å²) in [5, 5.41) is 6.07. The van der Waals surface area contributed by atoms with E-state index in [1.807, 2.05) is 20.8 Å². The molecule has 1 heterocycles. The lowest BCUT2D eigenvalue weighted by Crippen LogP contribution is -2.49. The van der Waals surface area contributed by atoms with Crippen molar-refractivity contribution in [1.82, 2.24) is 10.6 Å². The van der Waals surface area contributed by atoms with Crippen molar-refractivity contribution in [2.45, 2.75) is 45.7 Å². The van der Waals surface area contributed by atoms with Crippen molar-refractivity contribution in [1.29, 1.82) is 0 Å². The molecule has 0 spiro atoms. The van der Waals surface area contributed by atoms with Crippen LogP contribution >= 0.6 is 0 Å². The van der Waals surface area contributed by atoms with E-state index in [-0.39, 0.29) is 29.8 Å². The molecule has 1 fully saturated rings. The van der Waals surface area contributed by atoms with Gasteiger partial charge in [0.15, 0.2) is 0 Å². The van der Waals surface area contributed by atoms with Gasteiger partial charge in [-0.2, -0.15) is 0 Å². The molecule has 104 valence electrons. The summed E-state index contributed by atoms with van der Waals surface area (Å²) in [7, 11) is 1.35. The maximum atomic E-state index is 12.1. The largest absolute Gasteiger partial charge is 0.467 e. The van der Waals surface area contributed by atoms with Crippen LogP contribution in [0.2, 0.25) is 0 Å². The highest BCUT2D eigenvalue weighted by molar-refractivity contribution is 5.86. The molecule has 0 aromatic carbocycles. The summed E-state index contributed by atoms with van der Waals surface area (Å²) in [5.74, 6) is -0.396. The summed E-state index contributed by atoms with van der Waals surface area (Å²) in [5.41, 5.74) is 0. The Balaban J connectivity index is 2.65. The quantitative estimate of drug-likeness (QED) is 0.710. The van der Waals surface area contributed by atoms with E-state index in [2.05, 4.69) is 10.6 Å². The summed E-state index contributed by atoms with van der Waals surface area (Å²) in [6.45, 7) is 6.78. The fourth-order valence-electron chi connectivity index (χ4n) is 2.27. The van der Waals surface area contributed by atoms with Crippen molar-refractivity contribution >= 4 is 11.9 Å². The van der Waals surface area contributed by atoms with Gasteiger partial charge in [-0.3, -0.25) is 4.79 Å². The fourth-order valence-corrected chi connectivity index (χ4v) is 2.27. The van der Waals surface area contributed by atoms with E-state index in [4.69, 9.17) is 4.74 Å². The van der Waals surface area contributed by atoms with E-state index >= 15 is 0 Å².